The van der Waals surface area contributed by atoms with Gasteiger partial charge < -0.3 is 14.4 Å². The van der Waals surface area contributed by atoms with Crippen LogP contribution in [0, 0.1) is 17.1 Å². The molecule has 8 heteroatoms. The minimum Gasteiger partial charge on any atom is -0.473 e. The summed E-state index contributed by atoms with van der Waals surface area (Å²) in [6.45, 7) is 4.98. The summed E-state index contributed by atoms with van der Waals surface area (Å²) < 4.78 is 26.4. The first kappa shape index (κ1) is 21.4. The monoisotopic (exact) mass is 434 g/mol. The van der Waals surface area contributed by atoms with E-state index in [0.29, 0.717) is 23.6 Å². The molecule has 0 saturated heterocycles. The molecule has 0 atom stereocenters. The molecule has 0 unspecified atom stereocenters. The Bertz CT molecular complexity index is 1260. The van der Waals surface area contributed by atoms with Gasteiger partial charge in [-0.25, -0.2) is 9.18 Å². The highest BCUT2D eigenvalue weighted by Crippen LogP contribution is 2.31. The van der Waals surface area contributed by atoms with E-state index in [4.69, 9.17) is 9.47 Å². The van der Waals surface area contributed by atoms with Gasteiger partial charge >= 0.3 is 5.69 Å². The number of hydrogen-bond donors (Lipinski definition) is 0. The van der Waals surface area contributed by atoms with E-state index >= 15 is 0 Å². The molecule has 0 radical (unpaired) electrons. The molecule has 0 saturated carbocycles. The summed E-state index contributed by atoms with van der Waals surface area (Å²) in [4.78, 5) is 18.5. The smallest absolute Gasteiger partial charge is 0.352 e. The van der Waals surface area contributed by atoms with Gasteiger partial charge in [0.05, 0.1) is 5.56 Å². The maximum Gasteiger partial charge on any atom is 0.352 e. The molecule has 2 aromatic carbocycles. The van der Waals surface area contributed by atoms with Crippen molar-refractivity contribution in [3.63, 3.8) is 0 Å². The van der Waals surface area contributed by atoms with Crippen LogP contribution in [-0.2, 0) is 13.2 Å². The van der Waals surface area contributed by atoms with E-state index in [2.05, 4.69) is 29.8 Å². The van der Waals surface area contributed by atoms with Gasteiger partial charge in [-0.05, 0) is 50.1 Å². The minimum atomic E-state index is -0.423. The van der Waals surface area contributed by atoms with Crippen LogP contribution in [0.1, 0.15) is 31.4 Å². The Morgan fingerprint density at radius 1 is 1.22 bits per heavy atom. The molecule has 0 N–H and O–H groups in total. The number of halogens is 1. The third-order valence-electron chi connectivity index (χ3n) is 5.74. The Hall–Kier alpha value is -3.86. The highest BCUT2D eigenvalue weighted by Gasteiger charge is 2.31. The van der Waals surface area contributed by atoms with Crippen LogP contribution in [0.25, 0.3) is 0 Å². The summed E-state index contributed by atoms with van der Waals surface area (Å²) in [5.74, 6) is 1.18. The molecule has 0 fully saturated rings. The highest BCUT2D eigenvalue weighted by atomic mass is 19.1. The second-order valence-corrected chi connectivity index (χ2v) is 8.30. The van der Waals surface area contributed by atoms with Crippen LogP contribution in [0.3, 0.4) is 0 Å². The fourth-order valence-electron chi connectivity index (χ4n) is 3.56. The number of rotatable bonds is 5. The molecular weight excluding hydrogens is 411 g/mol. The lowest BCUT2D eigenvalue weighted by Gasteiger charge is -2.42. The van der Waals surface area contributed by atoms with Crippen molar-refractivity contribution in [3.8, 4) is 23.4 Å². The molecule has 32 heavy (non-hydrogen) atoms. The van der Waals surface area contributed by atoms with Crippen LogP contribution in [0.15, 0.2) is 53.3 Å². The highest BCUT2D eigenvalue weighted by molar-refractivity contribution is 5.48. The van der Waals surface area contributed by atoms with Crippen molar-refractivity contribution in [2.75, 3.05) is 11.9 Å². The molecule has 3 aromatic rings. The van der Waals surface area contributed by atoms with Crippen LogP contribution >= 0.6 is 0 Å². The second kappa shape index (κ2) is 8.35. The molecule has 2 heterocycles. The van der Waals surface area contributed by atoms with Crippen molar-refractivity contribution < 1.29 is 13.9 Å². The molecule has 0 bridgehead atoms. The normalized spacial score (nSPS) is 14.4. The van der Waals surface area contributed by atoms with E-state index in [1.54, 1.807) is 34.9 Å². The van der Waals surface area contributed by atoms with Crippen LogP contribution in [0.4, 0.5) is 10.2 Å². The molecule has 164 valence electrons. The van der Waals surface area contributed by atoms with Gasteiger partial charge in [-0.3, -0.25) is 4.57 Å². The zero-order valence-corrected chi connectivity index (χ0v) is 18.1. The molecule has 0 spiro atoms. The maximum absolute atomic E-state index is 13.4. The summed E-state index contributed by atoms with van der Waals surface area (Å²) >= 11 is 0. The van der Waals surface area contributed by atoms with Gasteiger partial charge in [-0.1, -0.05) is 12.1 Å². The van der Waals surface area contributed by atoms with Crippen LogP contribution < -0.4 is 20.1 Å². The van der Waals surface area contributed by atoms with Crippen molar-refractivity contribution in [3.05, 3.63) is 76.0 Å². The van der Waals surface area contributed by atoms with E-state index in [0.717, 1.165) is 12.2 Å². The number of nitrogens with zero attached hydrogens (tertiary/aromatic N) is 4. The predicted octanol–water partition coefficient (Wildman–Crippen LogP) is 4.24. The Morgan fingerprint density at radius 2 is 2.03 bits per heavy atom. The number of fused-ring (bicyclic) bond motifs is 1. The van der Waals surface area contributed by atoms with Crippen LogP contribution in [0.2, 0.25) is 0 Å². The van der Waals surface area contributed by atoms with Crippen LogP contribution in [-0.4, -0.2) is 22.1 Å². The molecule has 7 nitrogen and oxygen atoms in total. The molecule has 4 rings (SSSR count). The molecule has 1 aliphatic heterocycles. The summed E-state index contributed by atoms with van der Waals surface area (Å²) in [6.07, 6.45) is 0.846. The number of aromatic nitrogens is 2. The molecule has 1 aromatic heterocycles. The van der Waals surface area contributed by atoms with E-state index in [1.165, 1.54) is 18.2 Å². The lowest BCUT2D eigenvalue weighted by atomic mass is 9.96. The van der Waals surface area contributed by atoms with E-state index in [9.17, 15) is 14.4 Å². The molecular formula is C24H23FN4O3. The van der Waals surface area contributed by atoms with Crippen molar-refractivity contribution in [1.29, 1.82) is 5.26 Å². The quantitative estimate of drug-likeness (QED) is 0.597. The van der Waals surface area contributed by atoms with E-state index in [-0.39, 0.29) is 29.3 Å². The fraction of sp³-hybridized carbons (Fsp3) is 0.292. The average molecular weight is 434 g/mol. The van der Waals surface area contributed by atoms with Gasteiger partial charge in [0.2, 0.25) is 5.88 Å². The van der Waals surface area contributed by atoms with Crippen molar-refractivity contribution >= 4 is 5.82 Å². The van der Waals surface area contributed by atoms with Crippen molar-refractivity contribution in [1.82, 2.24) is 9.55 Å². The summed E-state index contributed by atoms with van der Waals surface area (Å²) in [5, 5.41) is 9.50. The molecule has 0 aliphatic carbocycles. The van der Waals surface area contributed by atoms with Crippen molar-refractivity contribution in [2.24, 2.45) is 0 Å². The topological polar surface area (TPSA) is 80.4 Å². The first-order chi connectivity index (χ1) is 15.3. The zero-order valence-electron chi connectivity index (χ0n) is 18.1. The third-order valence-corrected chi connectivity index (χ3v) is 5.74. The van der Waals surface area contributed by atoms with Crippen LogP contribution in [0.5, 0.6) is 17.4 Å². The first-order valence-electron chi connectivity index (χ1n) is 10.2. The molecule has 1 aliphatic rings. The maximum atomic E-state index is 13.4. The largest absolute Gasteiger partial charge is 0.473 e. The fourth-order valence-corrected chi connectivity index (χ4v) is 3.56. The summed E-state index contributed by atoms with van der Waals surface area (Å²) in [7, 11) is 1.95. The lowest BCUT2D eigenvalue weighted by molar-refractivity contribution is 0.287. The minimum absolute atomic E-state index is 0.0791. The Morgan fingerprint density at radius 3 is 2.78 bits per heavy atom. The number of nitriles is 1. The van der Waals surface area contributed by atoms with Gasteiger partial charge in [-0.2, -0.15) is 10.2 Å². The molecule has 0 amide bonds. The van der Waals surface area contributed by atoms with Crippen molar-refractivity contribution in [2.45, 2.75) is 39.0 Å². The number of benzene rings is 2. The van der Waals surface area contributed by atoms with Gasteiger partial charge in [0.1, 0.15) is 35.8 Å². The second-order valence-electron chi connectivity index (χ2n) is 8.30. The summed E-state index contributed by atoms with van der Waals surface area (Å²) in [6, 6.07) is 14.6. The Balaban J connectivity index is 1.52. The SMILES string of the molecule is CN1c2cc(OCc3ccc(Oc4cccc(F)c4)c(C#N)c3)nc(=O)n2CCC1(C)C. The average Bonchev–Trinajstić information content (AvgIpc) is 2.76. The third kappa shape index (κ3) is 4.28. The number of hydrogen-bond acceptors (Lipinski definition) is 6. The standard InChI is InChI=1S/C24H23FN4O3/c1-24(2)9-10-29-22(28(24)3)13-21(27-23(29)30)31-15-16-7-8-20(17(11-16)14-26)32-19-6-4-5-18(25)12-19/h4-8,11-13H,9-10,15H2,1-3H3. The van der Waals surface area contributed by atoms with Gasteiger partial charge in [0, 0.05) is 31.3 Å². The number of ether oxygens (including phenoxy) is 2. The van der Waals surface area contributed by atoms with Gasteiger partial charge in [-0.15, -0.1) is 0 Å². The Kier molecular flexibility index (Phi) is 5.57. The van der Waals surface area contributed by atoms with E-state index < -0.39 is 5.82 Å². The lowest BCUT2D eigenvalue weighted by Crippen LogP contribution is -2.49. The number of anilines is 1. The van der Waals surface area contributed by atoms with Gasteiger partial charge in [0.15, 0.2) is 0 Å². The van der Waals surface area contributed by atoms with Gasteiger partial charge in [0.25, 0.3) is 0 Å². The predicted molar refractivity (Wildman–Crippen MR) is 118 cm³/mol. The zero-order chi connectivity index (χ0) is 22.9. The summed E-state index contributed by atoms with van der Waals surface area (Å²) in [5.41, 5.74) is 0.567. The van der Waals surface area contributed by atoms with E-state index in [1.807, 2.05) is 7.05 Å². The Labute approximate surface area is 185 Å². The first-order valence-corrected chi connectivity index (χ1v) is 10.2.